The van der Waals surface area contributed by atoms with E-state index in [1.54, 1.807) is 16.8 Å². The Balaban J connectivity index is 2.45. The molecule has 1 aliphatic heterocycles. The largest absolute Gasteiger partial charge is 0.386 e. The van der Waals surface area contributed by atoms with Crippen LogP contribution in [0, 0.1) is 5.92 Å². The second-order valence-corrected chi connectivity index (χ2v) is 4.41. The first-order chi connectivity index (χ1) is 6.40. The van der Waals surface area contributed by atoms with Gasteiger partial charge in [-0.1, -0.05) is 13.8 Å². The Morgan fingerprint density at radius 3 is 2.43 bits per heavy atom. The number of likely N-dealkylation sites (tertiary alicyclic amines) is 1. The summed E-state index contributed by atoms with van der Waals surface area (Å²) >= 11 is 0. The highest BCUT2D eigenvalue weighted by Crippen LogP contribution is 2.28. The van der Waals surface area contributed by atoms with Crippen LogP contribution in [0.5, 0.6) is 0 Å². The average Bonchev–Trinajstić information content (AvgIpc) is 2.10. The van der Waals surface area contributed by atoms with Gasteiger partial charge >= 0.3 is 6.03 Å². The van der Waals surface area contributed by atoms with Crippen molar-refractivity contribution in [2.75, 3.05) is 26.7 Å². The molecular formula is C10H20N2O2. The minimum absolute atomic E-state index is 0.0119. The van der Waals surface area contributed by atoms with Gasteiger partial charge in [0.15, 0.2) is 0 Å². The molecule has 1 heterocycles. The first-order valence-corrected chi connectivity index (χ1v) is 5.13. The monoisotopic (exact) mass is 200 g/mol. The Hall–Kier alpha value is -0.770. The van der Waals surface area contributed by atoms with Crippen molar-refractivity contribution in [1.82, 2.24) is 9.80 Å². The molecule has 0 atom stereocenters. The minimum atomic E-state index is -0.662. The molecular weight excluding hydrogens is 180 g/mol. The van der Waals surface area contributed by atoms with Crippen LogP contribution in [0.15, 0.2) is 0 Å². The molecule has 0 spiro atoms. The molecule has 0 unspecified atom stereocenters. The number of nitrogens with zero attached hydrogens (tertiary/aromatic N) is 2. The Morgan fingerprint density at radius 2 is 2.07 bits per heavy atom. The number of rotatable bonds is 2. The molecule has 0 radical (unpaired) electrons. The normalized spacial score (nSPS) is 19.4. The van der Waals surface area contributed by atoms with E-state index in [4.69, 9.17) is 0 Å². The fourth-order valence-electron chi connectivity index (χ4n) is 1.49. The molecule has 1 fully saturated rings. The maximum absolute atomic E-state index is 11.6. The highest BCUT2D eigenvalue weighted by Gasteiger charge is 2.46. The Kier molecular flexibility index (Phi) is 3.04. The van der Waals surface area contributed by atoms with Crippen molar-refractivity contribution in [3.63, 3.8) is 0 Å². The molecule has 4 heteroatoms. The van der Waals surface area contributed by atoms with E-state index in [0.29, 0.717) is 19.6 Å². The number of amides is 2. The zero-order chi connectivity index (χ0) is 10.9. The van der Waals surface area contributed by atoms with E-state index in [-0.39, 0.29) is 11.9 Å². The zero-order valence-electron chi connectivity index (χ0n) is 9.45. The number of hydrogen-bond donors (Lipinski definition) is 1. The number of urea groups is 1. The van der Waals surface area contributed by atoms with Crippen LogP contribution in [0.3, 0.4) is 0 Å². The molecule has 14 heavy (non-hydrogen) atoms. The quantitative estimate of drug-likeness (QED) is 0.715. The highest BCUT2D eigenvalue weighted by atomic mass is 16.3. The van der Waals surface area contributed by atoms with Crippen LogP contribution in [0.1, 0.15) is 20.8 Å². The maximum Gasteiger partial charge on any atom is 0.319 e. The smallest absolute Gasteiger partial charge is 0.319 e. The van der Waals surface area contributed by atoms with Crippen molar-refractivity contribution in [3.05, 3.63) is 0 Å². The van der Waals surface area contributed by atoms with Gasteiger partial charge in [-0.2, -0.15) is 0 Å². The van der Waals surface area contributed by atoms with Crippen molar-refractivity contribution in [2.45, 2.75) is 26.4 Å². The summed E-state index contributed by atoms with van der Waals surface area (Å²) < 4.78 is 0. The van der Waals surface area contributed by atoms with Crippen molar-refractivity contribution in [1.29, 1.82) is 0 Å². The molecule has 1 N–H and O–H groups in total. The summed E-state index contributed by atoms with van der Waals surface area (Å²) in [5, 5.41) is 9.95. The van der Waals surface area contributed by atoms with E-state index in [2.05, 4.69) is 0 Å². The molecule has 0 saturated carbocycles. The van der Waals surface area contributed by atoms with Crippen LogP contribution < -0.4 is 0 Å². The molecule has 1 aliphatic rings. The van der Waals surface area contributed by atoms with Crippen molar-refractivity contribution in [2.24, 2.45) is 5.92 Å². The van der Waals surface area contributed by atoms with E-state index in [9.17, 15) is 9.90 Å². The number of carbonyl (C=O) groups is 1. The van der Waals surface area contributed by atoms with Crippen molar-refractivity contribution < 1.29 is 9.90 Å². The Labute approximate surface area is 85.5 Å². The highest BCUT2D eigenvalue weighted by molar-refractivity contribution is 5.75. The lowest BCUT2D eigenvalue weighted by Crippen LogP contribution is -2.67. The van der Waals surface area contributed by atoms with Gasteiger partial charge in [-0.05, 0) is 12.8 Å². The number of carbonyl (C=O) groups excluding carboxylic acids is 1. The van der Waals surface area contributed by atoms with Crippen molar-refractivity contribution >= 4 is 6.03 Å². The van der Waals surface area contributed by atoms with Gasteiger partial charge in [-0.25, -0.2) is 4.79 Å². The fraction of sp³-hybridized carbons (Fsp3) is 0.900. The number of aliphatic hydroxyl groups is 1. The van der Waals surface area contributed by atoms with Crippen LogP contribution in [-0.4, -0.2) is 53.2 Å². The van der Waals surface area contributed by atoms with Gasteiger partial charge in [0.1, 0.15) is 5.60 Å². The fourth-order valence-corrected chi connectivity index (χ4v) is 1.49. The van der Waals surface area contributed by atoms with Gasteiger partial charge in [0.2, 0.25) is 0 Å². The topological polar surface area (TPSA) is 43.8 Å². The van der Waals surface area contributed by atoms with Gasteiger partial charge < -0.3 is 14.9 Å². The average molecular weight is 200 g/mol. The van der Waals surface area contributed by atoms with Crippen molar-refractivity contribution in [3.8, 4) is 0 Å². The van der Waals surface area contributed by atoms with E-state index in [0.717, 1.165) is 0 Å². The molecule has 4 nitrogen and oxygen atoms in total. The van der Waals surface area contributed by atoms with Gasteiger partial charge in [-0.3, -0.25) is 0 Å². The summed E-state index contributed by atoms with van der Waals surface area (Å²) in [6.45, 7) is 7.53. The lowest BCUT2D eigenvalue weighted by Gasteiger charge is -2.49. The summed E-state index contributed by atoms with van der Waals surface area (Å²) in [5.41, 5.74) is -0.662. The number of hydrogen-bond acceptors (Lipinski definition) is 2. The van der Waals surface area contributed by atoms with Crippen LogP contribution in [0.4, 0.5) is 4.79 Å². The minimum Gasteiger partial charge on any atom is -0.386 e. The van der Waals surface area contributed by atoms with E-state index < -0.39 is 5.60 Å². The SMILES string of the molecule is CCN(C)C(=O)N1CC(O)(C(C)C)C1. The van der Waals surface area contributed by atoms with Crippen LogP contribution in [-0.2, 0) is 0 Å². The Bertz CT molecular complexity index is 222. The van der Waals surface area contributed by atoms with Crippen LogP contribution >= 0.6 is 0 Å². The lowest BCUT2D eigenvalue weighted by atomic mass is 9.83. The summed E-state index contributed by atoms with van der Waals surface area (Å²) in [5.74, 6) is 0.207. The second-order valence-electron chi connectivity index (χ2n) is 4.41. The van der Waals surface area contributed by atoms with Gasteiger partial charge in [-0.15, -0.1) is 0 Å². The predicted molar refractivity (Wildman–Crippen MR) is 55.1 cm³/mol. The maximum atomic E-state index is 11.6. The third-order valence-electron chi connectivity index (χ3n) is 3.08. The standard InChI is InChI=1S/C10H20N2O2/c1-5-11(4)9(13)12-6-10(14,7-12)8(2)3/h8,14H,5-7H2,1-4H3. The molecule has 0 aromatic carbocycles. The van der Waals surface area contributed by atoms with E-state index >= 15 is 0 Å². The van der Waals surface area contributed by atoms with Gasteiger partial charge in [0, 0.05) is 13.6 Å². The molecule has 1 saturated heterocycles. The molecule has 82 valence electrons. The molecule has 0 aromatic heterocycles. The summed E-state index contributed by atoms with van der Waals surface area (Å²) in [4.78, 5) is 14.9. The first kappa shape index (κ1) is 11.3. The first-order valence-electron chi connectivity index (χ1n) is 5.13. The molecule has 0 aliphatic carbocycles. The summed E-state index contributed by atoms with van der Waals surface area (Å²) in [6.07, 6.45) is 0. The van der Waals surface area contributed by atoms with E-state index in [1.165, 1.54) is 0 Å². The van der Waals surface area contributed by atoms with Crippen LogP contribution in [0.25, 0.3) is 0 Å². The third-order valence-corrected chi connectivity index (χ3v) is 3.08. The van der Waals surface area contributed by atoms with E-state index in [1.807, 2.05) is 20.8 Å². The van der Waals surface area contributed by atoms with Crippen LogP contribution in [0.2, 0.25) is 0 Å². The summed E-state index contributed by atoms with van der Waals surface area (Å²) in [6, 6.07) is 0.0119. The molecule has 1 rings (SSSR count). The Morgan fingerprint density at radius 1 is 1.57 bits per heavy atom. The molecule has 0 bridgehead atoms. The van der Waals surface area contributed by atoms with Gasteiger partial charge in [0.25, 0.3) is 0 Å². The number of β-amino-alcohol motifs (C(OH)–C–C–N with tert-alkyl or cyclic N) is 1. The lowest BCUT2D eigenvalue weighted by molar-refractivity contribution is -0.111. The summed E-state index contributed by atoms with van der Waals surface area (Å²) in [7, 11) is 1.77. The second kappa shape index (κ2) is 3.77. The predicted octanol–water partition coefficient (Wildman–Crippen LogP) is 0.761. The van der Waals surface area contributed by atoms with Gasteiger partial charge in [0.05, 0.1) is 13.1 Å². The molecule has 2 amide bonds. The third kappa shape index (κ3) is 1.85. The zero-order valence-corrected chi connectivity index (χ0v) is 9.45. The molecule has 0 aromatic rings.